The van der Waals surface area contributed by atoms with Gasteiger partial charge >= 0.3 is 0 Å². The molecule has 2 aromatic rings. The van der Waals surface area contributed by atoms with Gasteiger partial charge in [0.1, 0.15) is 11.8 Å². The van der Waals surface area contributed by atoms with Gasteiger partial charge in [0, 0.05) is 4.88 Å². The number of hydrogen-bond acceptors (Lipinski definition) is 5. The van der Waals surface area contributed by atoms with Crippen LogP contribution in [0.15, 0.2) is 45.4 Å². The molecule has 7 heteroatoms. The molecule has 2 aromatic heterocycles. The second-order valence-corrected chi connectivity index (χ2v) is 6.33. The van der Waals surface area contributed by atoms with Gasteiger partial charge in [0.2, 0.25) is 5.91 Å². The van der Waals surface area contributed by atoms with Crippen LogP contribution in [-0.4, -0.2) is 24.1 Å². The van der Waals surface area contributed by atoms with E-state index in [0.29, 0.717) is 5.76 Å². The van der Waals surface area contributed by atoms with Gasteiger partial charge in [0.05, 0.1) is 18.9 Å². The summed E-state index contributed by atoms with van der Waals surface area (Å²) in [6, 6.07) is 6.59. The fourth-order valence-corrected chi connectivity index (χ4v) is 2.63. The van der Waals surface area contributed by atoms with Crippen molar-refractivity contribution in [2.24, 2.45) is 11.0 Å². The molecule has 1 atom stereocenters. The molecule has 0 aliphatic rings. The van der Waals surface area contributed by atoms with E-state index in [1.54, 1.807) is 12.1 Å². The molecule has 0 fully saturated rings. The minimum absolute atomic E-state index is 0.0545. The normalized spacial score (nSPS) is 12.5. The third kappa shape index (κ3) is 5.37. The van der Waals surface area contributed by atoms with Crippen LogP contribution in [0.1, 0.15) is 24.5 Å². The second-order valence-electron chi connectivity index (χ2n) is 5.30. The molecule has 0 radical (unpaired) electrons. The summed E-state index contributed by atoms with van der Waals surface area (Å²) in [6.07, 6.45) is 3.19. The topological polar surface area (TPSA) is 83.7 Å². The molecule has 2 amide bonds. The fraction of sp³-hybridized carbons (Fsp3) is 0.312. The first-order valence-corrected chi connectivity index (χ1v) is 8.12. The number of carbonyl (C=O) groups excluding carboxylic acids is 2. The summed E-state index contributed by atoms with van der Waals surface area (Å²) in [5.41, 5.74) is 2.42. The summed E-state index contributed by atoms with van der Waals surface area (Å²) < 4.78 is 5.08. The maximum atomic E-state index is 12.2. The summed E-state index contributed by atoms with van der Waals surface area (Å²) in [4.78, 5) is 25.2. The number of hydrazone groups is 1. The van der Waals surface area contributed by atoms with Gasteiger partial charge in [-0.05, 0) is 29.5 Å². The molecule has 0 aromatic carbocycles. The van der Waals surface area contributed by atoms with Crippen molar-refractivity contribution in [2.75, 3.05) is 0 Å². The molecule has 23 heavy (non-hydrogen) atoms. The van der Waals surface area contributed by atoms with Crippen LogP contribution in [0, 0.1) is 5.92 Å². The number of nitrogens with one attached hydrogen (secondary N) is 2. The van der Waals surface area contributed by atoms with E-state index >= 15 is 0 Å². The lowest BCUT2D eigenvalue weighted by atomic mass is 10.0. The molecule has 0 unspecified atom stereocenters. The smallest absolute Gasteiger partial charge is 0.262 e. The van der Waals surface area contributed by atoms with Gasteiger partial charge in [0.25, 0.3) is 5.91 Å². The van der Waals surface area contributed by atoms with E-state index in [4.69, 9.17) is 4.42 Å². The number of carbonyl (C=O) groups is 2. The largest absolute Gasteiger partial charge is 0.463 e. The third-order valence-electron chi connectivity index (χ3n) is 3.09. The Labute approximate surface area is 138 Å². The summed E-state index contributed by atoms with van der Waals surface area (Å²) in [7, 11) is 0. The van der Waals surface area contributed by atoms with Gasteiger partial charge < -0.3 is 9.73 Å². The molecular weight excluding hydrogens is 314 g/mol. The van der Waals surface area contributed by atoms with E-state index in [-0.39, 0.29) is 24.2 Å². The Bertz CT molecular complexity index is 648. The van der Waals surface area contributed by atoms with Crippen molar-refractivity contribution in [1.29, 1.82) is 0 Å². The zero-order valence-electron chi connectivity index (χ0n) is 13.0. The van der Waals surface area contributed by atoms with Crippen LogP contribution >= 0.6 is 11.3 Å². The highest BCUT2D eigenvalue weighted by Crippen LogP contribution is 2.10. The number of amides is 2. The van der Waals surface area contributed by atoms with Crippen molar-refractivity contribution in [2.45, 2.75) is 26.3 Å². The minimum atomic E-state index is -0.642. The molecule has 0 bridgehead atoms. The summed E-state index contributed by atoms with van der Waals surface area (Å²) in [5, 5.41) is 8.50. The molecule has 0 saturated heterocycles. The highest BCUT2D eigenvalue weighted by Gasteiger charge is 2.24. The van der Waals surface area contributed by atoms with Crippen molar-refractivity contribution in [1.82, 2.24) is 10.7 Å². The predicted octanol–water partition coefficient (Wildman–Crippen LogP) is 2.17. The number of thiophene rings is 1. The Morgan fingerprint density at radius 3 is 2.78 bits per heavy atom. The maximum absolute atomic E-state index is 12.2. The highest BCUT2D eigenvalue weighted by atomic mass is 32.1. The minimum Gasteiger partial charge on any atom is -0.463 e. The molecule has 2 rings (SSSR count). The van der Waals surface area contributed by atoms with Crippen molar-refractivity contribution >= 4 is 29.4 Å². The lowest BCUT2D eigenvalue weighted by molar-refractivity contribution is -0.129. The molecule has 0 saturated carbocycles. The summed E-state index contributed by atoms with van der Waals surface area (Å²) >= 11 is 1.51. The van der Waals surface area contributed by atoms with Crippen LogP contribution < -0.4 is 10.7 Å². The summed E-state index contributed by atoms with van der Waals surface area (Å²) in [6.45, 7) is 3.73. The third-order valence-corrected chi connectivity index (χ3v) is 3.97. The SMILES string of the molecule is CC(C)[C@H](NC(=O)Cc1cccs1)C(=O)N/N=C/c1ccco1. The van der Waals surface area contributed by atoms with Gasteiger partial charge in [-0.1, -0.05) is 19.9 Å². The van der Waals surface area contributed by atoms with Crippen molar-refractivity contribution in [3.63, 3.8) is 0 Å². The molecule has 2 N–H and O–H groups in total. The molecule has 2 heterocycles. The molecule has 122 valence electrons. The summed E-state index contributed by atoms with van der Waals surface area (Å²) in [5.74, 6) is -0.0622. The predicted molar refractivity (Wildman–Crippen MR) is 89.2 cm³/mol. The average Bonchev–Trinajstić information content (AvgIpc) is 3.17. The second kappa shape index (κ2) is 8.28. The maximum Gasteiger partial charge on any atom is 0.262 e. The van der Waals surface area contributed by atoms with Crippen molar-refractivity contribution < 1.29 is 14.0 Å². The first kappa shape index (κ1) is 17.0. The molecule has 0 spiro atoms. The standard InChI is InChI=1S/C16H19N3O3S/c1-11(2)15(18-14(20)9-13-6-4-8-23-13)16(21)19-17-10-12-5-3-7-22-12/h3-8,10-11,15H,9H2,1-2H3,(H,18,20)(H,19,21)/b17-10+/t15-/m0/s1. The molecular formula is C16H19N3O3S. The average molecular weight is 333 g/mol. The fourth-order valence-electron chi connectivity index (χ4n) is 1.92. The van der Waals surface area contributed by atoms with Crippen LogP contribution in [0.3, 0.4) is 0 Å². The van der Waals surface area contributed by atoms with Crippen LogP contribution in [0.25, 0.3) is 0 Å². The van der Waals surface area contributed by atoms with Gasteiger partial charge in [-0.2, -0.15) is 5.10 Å². The molecule has 6 nitrogen and oxygen atoms in total. The van der Waals surface area contributed by atoms with Crippen LogP contribution in [0.4, 0.5) is 0 Å². The van der Waals surface area contributed by atoms with E-state index in [2.05, 4.69) is 15.8 Å². The van der Waals surface area contributed by atoms with E-state index in [0.717, 1.165) is 4.88 Å². The quantitative estimate of drug-likeness (QED) is 0.602. The Morgan fingerprint density at radius 2 is 2.17 bits per heavy atom. The van der Waals surface area contributed by atoms with Gasteiger partial charge in [-0.15, -0.1) is 11.3 Å². The molecule has 0 aliphatic carbocycles. The zero-order chi connectivity index (χ0) is 16.7. The molecule has 0 aliphatic heterocycles. The van der Waals surface area contributed by atoms with E-state index in [9.17, 15) is 9.59 Å². The van der Waals surface area contributed by atoms with Gasteiger partial charge in [0.15, 0.2) is 0 Å². The lowest BCUT2D eigenvalue weighted by Crippen LogP contribution is -2.49. The Balaban J connectivity index is 1.89. The Hall–Kier alpha value is -2.41. The monoisotopic (exact) mass is 333 g/mol. The van der Waals surface area contributed by atoms with E-state index < -0.39 is 6.04 Å². The Morgan fingerprint density at radius 1 is 1.35 bits per heavy atom. The zero-order valence-corrected chi connectivity index (χ0v) is 13.8. The van der Waals surface area contributed by atoms with Crippen LogP contribution in [-0.2, 0) is 16.0 Å². The van der Waals surface area contributed by atoms with Crippen molar-refractivity contribution in [3.05, 3.63) is 46.5 Å². The highest BCUT2D eigenvalue weighted by molar-refractivity contribution is 7.10. The van der Waals surface area contributed by atoms with Crippen molar-refractivity contribution in [3.8, 4) is 0 Å². The Kier molecular flexibility index (Phi) is 6.10. The first-order chi connectivity index (χ1) is 11.1. The number of rotatable bonds is 7. The number of nitrogens with zero attached hydrogens (tertiary/aromatic N) is 1. The first-order valence-electron chi connectivity index (χ1n) is 7.24. The van der Waals surface area contributed by atoms with Gasteiger partial charge in [-0.25, -0.2) is 5.43 Å². The number of hydrogen-bond donors (Lipinski definition) is 2. The van der Waals surface area contributed by atoms with E-state index in [1.165, 1.54) is 23.8 Å². The van der Waals surface area contributed by atoms with Crippen LogP contribution in [0.2, 0.25) is 0 Å². The van der Waals surface area contributed by atoms with Crippen LogP contribution in [0.5, 0.6) is 0 Å². The lowest BCUT2D eigenvalue weighted by Gasteiger charge is -2.20. The number of furan rings is 1. The van der Waals surface area contributed by atoms with E-state index in [1.807, 2.05) is 31.4 Å². The van der Waals surface area contributed by atoms with Gasteiger partial charge in [-0.3, -0.25) is 9.59 Å².